The molecule has 6 nitrogen and oxygen atoms in total. The molecule has 1 aromatic heterocycles. The summed E-state index contributed by atoms with van der Waals surface area (Å²) in [6.07, 6.45) is 0. The molecule has 1 aromatic carbocycles. The van der Waals surface area contributed by atoms with Crippen molar-refractivity contribution in [3.63, 3.8) is 0 Å². The van der Waals surface area contributed by atoms with Crippen LogP contribution in [0.3, 0.4) is 0 Å². The van der Waals surface area contributed by atoms with Gasteiger partial charge in [0.05, 0.1) is 0 Å². The molecule has 1 aliphatic rings. The number of benzene rings is 1. The predicted molar refractivity (Wildman–Crippen MR) is 72.6 cm³/mol. The lowest BCUT2D eigenvalue weighted by atomic mass is 10.2. The highest BCUT2D eigenvalue weighted by Gasteiger charge is 2.16. The molecule has 3 rings (SSSR count). The van der Waals surface area contributed by atoms with Crippen LogP contribution in [0.15, 0.2) is 24.3 Å². The van der Waals surface area contributed by atoms with Crippen molar-refractivity contribution in [1.82, 2.24) is 9.97 Å². The second-order valence-electron chi connectivity index (χ2n) is 3.87. The van der Waals surface area contributed by atoms with Crippen LogP contribution in [0.4, 0.5) is 5.82 Å². The van der Waals surface area contributed by atoms with E-state index in [9.17, 15) is 4.79 Å². The number of nitrogens with zero attached hydrogens (tertiary/aromatic N) is 2. The molecule has 0 spiro atoms. The van der Waals surface area contributed by atoms with Crippen molar-refractivity contribution >= 4 is 34.9 Å². The zero-order chi connectivity index (χ0) is 14.1. The minimum Gasteiger partial charge on any atom is -0.454 e. The fourth-order valence-corrected chi connectivity index (χ4v) is 2.09. The van der Waals surface area contributed by atoms with Gasteiger partial charge in [-0.2, -0.15) is 0 Å². The van der Waals surface area contributed by atoms with E-state index < -0.39 is 0 Å². The fourth-order valence-electron chi connectivity index (χ4n) is 1.68. The van der Waals surface area contributed by atoms with Crippen molar-refractivity contribution in [2.24, 2.45) is 0 Å². The standard InChI is InChI=1S/C12H7Cl2N3O3/c13-9-4-10(17-12(14)15-9)16-11(18)6-1-2-7-8(3-6)20-5-19-7/h1-4H,5H2,(H,15,16,17,18). The molecule has 2 heterocycles. The van der Waals surface area contributed by atoms with E-state index in [1.165, 1.54) is 6.07 Å². The quantitative estimate of drug-likeness (QED) is 0.682. The maximum absolute atomic E-state index is 12.1. The first-order chi connectivity index (χ1) is 9.61. The highest BCUT2D eigenvalue weighted by molar-refractivity contribution is 6.32. The van der Waals surface area contributed by atoms with E-state index >= 15 is 0 Å². The van der Waals surface area contributed by atoms with Gasteiger partial charge in [0.1, 0.15) is 11.0 Å². The van der Waals surface area contributed by atoms with E-state index in [0.717, 1.165) is 0 Å². The topological polar surface area (TPSA) is 73.3 Å². The van der Waals surface area contributed by atoms with Crippen molar-refractivity contribution < 1.29 is 14.3 Å². The van der Waals surface area contributed by atoms with Crippen molar-refractivity contribution in [2.75, 3.05) is 12.1 Å². The minimum atomic E-state index is -0.367. The molecule has 102 valence electrons. The highest BCUT2D eigenvalue weighted by Crippen LogP contribution is 2.32. The van der Waals surface area contributed by atoms with Gasteiger partial charge in [0.2, 0.25) is 12.1 Å². The summed E-state index contributed by atoms with van der Waals surface area (Å²) in [5.74, 6) is 0.984. The second kappa shape index (κ2) is 5.15. The monoisotopic (exact) mass is 311 g/mol. The summed E-state index contributed by atoms with van der Waals surface area (Å²) in [6, 6.07) is 6.27. The molecule has 0 aliphatic carbocycles. The number of carbonyl (C=O) groups excluding carboxylic acids is 1. The highest BCUT2D eigenvalue weighted by atomic mass is 35.5. The minimum absolute atomic E-state index is 0.0431. The Bertz CT molecular complexity index is 673. The first kappa shape index (κ1) is 13.0. The number of amides is 1. The van der Waals surface area contributed by atoms with E-state index in [2.05, 4.69) is 15.3 Å². The fraction of sp³-hybridized carbons (Fsp3) is 0.0833. The van der Waals surface area contributed by atoms with Crippen LogP contribution in [0.1, 0.15) is 10.4 Å². The van der Waals surface area contributed by atoms with Crippen molar-refractivity contribution in [3.8, 4) is 11.5 Å². The normalized spacial score (nSPS) is 12.3. The molecule has 1 aliphatic heterocycles. The molecule has 0 radical (unpaired) electrons. The molecule has 0 bridgehead atoms. The summed E-state index contributed by atoms with van der Waals surface area (Å²) in [6.45, 7) is 0.150. The lowest BCUT2D eigenvalue weighted by Crippen LogP contribution is -2.13. The molecular formula is C12H7Cl2N3O3. The number of anilines is 1. The van der Waals surface area contributed by atoms with E-state index in [1.54, 1.807) is 18.2 Å². The molecule has 2 aromatic rings. The average molecular weight is 312 g/mol. The smallest absolute Gasteiger partial charge is 0.256 e. The zero-order valence-corrected chi connectivity index (χ0v) is 11.4. The summed E-state index contributed by atoms with van der Waals surface area (Å²) >= 11 is 11.4. The Labute approximate surface area is 123 Å². The third kappa shape index (κ3) is 2.61. The maximum Gasteiger partial charge on any atom is 0.256 e. The Kier molecular flexibility index (Phi) is 3.33. The molecule has 1 N–H and O–H groups in total. The number of rotatable bonds is 2. The van der Waals surface area contributed by atoms with E-state index in [-0.39, 0.29) is 29.0 Å². The molecule has 0 atom stereocenters. The first-order valence-corrected chi connectivity index (χ1v) is 6.28. The van der Waals surface area contributed by atoms with Gasteiger partial charge in [-0.1, -0.05) is 11.6 Å². The molecule has 20 heavy (non-hydrogen) atoms. The molecule has 0 fully saturated rings. The Morgan fingerprint density at radius 1 is 1.15 bits per heavy atom. The number of nitrogens with one attached hydrogen (secondary N) is 1. The van der Waals surface area contributed by atoms with Gasteiger partial charge in [0.15, 0.2) is 11.5 Å². The van der Waals surface area contributed by atoms with Gasteiger partial charge in [0.25, 0.3) is 5.91 Å². The zero-order valence-electron chi connectivity index (χ0n) is 9.89. The summed E-state index contributed by atoms with van der Waals surface area (Å²) in [5.41, 5.74) is 0.403. The average Bonchev–Trinajstić information content (AvgIpc) is 2.84. The van der Waals surface area contributed by atoms with Gasteiger partial charge in [0, 0.05) is 11.6 Å². The SMILES string of the molecule is O=C(Nc1cc(Cl)nc(Cl)n1)c1ccc2c(c1)OCO2. The lowest BCUT2D eigenvalue weighted by Gasteiger charge is -2.05. The van der Waals surface area contributed by atoms with Gasteiger partial charge < -0.3 is 14.8 Å². The van der Waals surface area contributed by atoms with Gasteiger partial charge in [-0.05, 0) is 29.8 Å². The molecule has 8 heteroatoms. The van der Waals surface area contributed by atoms with E-state index in [4.69, 9.17) is 32.7 Å². The summed E-state index contributed by atoms with van der Waals surface area (Å²) in [7, 11) is 0. The Morgan fingerprint density at radius 3 is 2.75 bits per heavy atom. The van der Waals surface area contributed by atoms with Crippen LogP contribution in [0, 0.1) is 0 Å². The number of hydrogen-bond donors (Lipinski definition) is 1. The van der Waals surface area contributed by atoms with Crippen LogP contribution in [0.2, 0.25) is 10.4 Å². The van der Waals surface area contributed by atoms with Gasteiger partial charge >= 0.3 is 0 Å². The summed E-state index contributed by atoms with van der Waals surface area (Å²) in [4.78, 5) is 19.6. The maximum atomic E-state index is 12.1. The van der Waals surface area contributed by atoms with Crippen LogP contribution < -0.4 is 14.8 Å². The molecule has 1 amide bonds. The largest absolute Gasteiger partial charge is 0.454 e. The number of fused-ring (bicyclic) bond motifs is 1. The predicted octanol–water partition coefficient (Wildman–Crippen LogP) is 2.76. The molecular weight excluding hydrogens is 305 g/mol. The van der Waals surface area contributed by atoms with Crippen LogP contribution in [0.5, 0.6) is 11.5 Å². The Morgan fingerprint density at radius 2 is 1.95 bits per heavy atom. The van der Waals surface area contributed by atoms with Crippen LogP contribution in [-0.4, -0.2) is 22.7 Å². The van der Waals surface area contributed by atoms with E-state index in [1.807, 2.05) is 0 Å². The molecule has 0 unspecified atom stereocenters. The van der Waals surface area contributed by atoms with Crippen LogP contribution >= 0.6 is 23.2 Å². The van der Waals surface area contributed by atoms with Crippen LogP contribution in [-0.2, 0) is 0 Å². The van der Waals surface area contributed by atoms with E-state index in [0.29, 0.717) is 17.1 Å². The number of carbonyl (C=O) groups is 1. The van der Waals surface area contributed by atoms with Gasteiger partial charge in [-0.3, -0.25) is 4.79 Å². The Balaban J connectivity index is 1.82. The third-order valence-corrected chi connectivity index (χ3v) is 2.91. The third-order valence-electron chi connectivity index (χ3n) is 2.54. The van der Waals surface area contributed by atoms with Crippen molar-refractivity contribution in [3.05, 3.63) is 40.3 Å². The summed E-state index contributed by atoms with van der Waals surface area (Å²) in [5, 5.41) is 2.68. The Hall–Kier alpha value is -2.05. The van der Waals surface area contributed by atoms with Crippen LogP contribution in [0.25, 0.3) is 0 Å². The number of aromatic nitrogens is 2. The lowest BCUT2D eigenvalue weighted by molar-refractivity contribution is 0.102. The van der Waals surface area contributed by atoms with Gasteiger partial charge in [-0.15, -0.1) is 0 Å². The first-order valence-electron chi connectivity index (χ1n) is 5.53. The number of hydrogen-bond acceptors (Lipinski definition) is 5. The second-order valence-corrected chi connectivity index (χ2v) is 4.59. The number of halogens is 2. The molecule has 0 saturated carbocycles. The molecule has 0 saturated heterocycles. The number of ether oxygens (including phenoxy) is 2. The van der Waals surface area contributed by atoms with Crippen molar-refractivity contribution in [1.29, 1.82) is 0 Å². The summed E-state index contributed by atoms with van der Waals surface area (Å²) < 4.78 is 10.4. The van der Waals surface area contributed by atoms with Gasteiger partial charge in [-0.25, -0.2) is 9.97 Å². The van der Waals surface area contributed by atoms with Crippen molar-refractivity contribution in [2.45, 2.75) is 0 Å².